The Morgan fingerprint density at radius 2 is 1.78 bits per heavy atom. The molecule has 0 saturated carbocycles. The average Bonchev–Trinajstić information content (AvgIpc) is 2.23. The molecule has 0 bridgehead atoms. The number of aliphatic carboxylic acids is 1. The minimum Gasteiger partial charge on any atom is -0.480 e. The third-order valence-corrected chi connectivity index (χ3v) is 2.57. The van der Waals surface area contributed by atoms with Gasteiger partial charge in [-0.25, -0.2) is 9.59 Å². The van der Waals surface area contributed by atoms with E-state index in [1.807, 2.05) is 20.8 Å². The van der Waals surface area contributed by atoms with Crippen molar-refractivity contribution >= 4 is 17.9 Å². The maximum atomic E-state index is 11.6. The van der Waals surface area contributed by atoms with E-state index in [0.717, 1.165) is 6.42 Å². The van der Waals surface area contributed by atoms with Crippen LogP contribution in [0.15, 0.2) is 0 Å². The summed E-state index contributed by atoms with van der Waals surface area (Å²) in [4.78, 5) is 33.1. The number of carbonyl (C=O) groups is 3. The fraction of sp³-hybridized carbons (Fsp3) is 0.727. The van der Waals surface area contributed by atoms with Crippen LogP contribution in [0.4, 0.5) is 4.79 Å². The Balaban J connectivity index is 4.42. The first-order valence-corrected chi connectivity index (χ1v) is 5.86. The van der Waals surface area contributed by atoms with E-state index in [0.29, 0.717) is 0 Å². The molecule has 0 rings (SSSR count). The topological polar surface area (TPSA) is 122 Å². The van der Waals surface area contributed by atoms with Crippen LogP contribution >= 0.6 is 0 Å². The Kier molecular flexibility index (Phi) is 6.77. The van der Waals surface area contributed by atoms with Gasteiger partial charge in [0, 0.05) is 6.04 Å². The number of primary amides is 1. The van der Waals surface area contributed by atoms with Gasteiger partial charge in [-0.1, -0.05) is 20.8 Å². The Morgan fingerprint density at radius 1 is 1.22 bits per heavy atom. The van der Waals surface area contributed by atoms with Gasteiger partial charge in [-0.2, -0.15) is 0 Å². The summed E-state index contributed by atoms with van der Waals surface area (Å²) in [5.74, 6) is -1.83. The normalized spacial score (nSPS) is 13.8. The first-order valence-electron chi connectivity index (χ1n) is 5.86. The lowest BCUT2D eigenvalue weighted by Gasteiger charge is -2.22. The van der Waals surface area contributed by atoms with Crippen molar-refractivity contribution in [3.63, 3.8) is 0 Å². The van der Waals surface area contributed by atoms with E-state index in [2.05, 4.69) is 10.6 Å². The highest BCUT2D eigenvalue weighted by molar-refractivity contribution is 5.87. The monoisotopic (exact) mass is 259 g/mol. The van der Waals surface area contributed by atoms with Gasteiger partial charge < -0.3 is 21.5 Å². The Labute approximate surface area is 106 Å². The fourth-order valence-corrected chi connectivity index (χ4v) is 1.51. The maximum absolute atomic E-state index is 11.6. The molecule has 0 saturated heterocycles. The lowest BCUT2D eigenvalue weighted by atomic mass is 10.0. The molecule has 0 aliphatic heterocycles. The largest absolute Gasteiger partial charge is 0.480 e. The van der Waals surface area contributed by atoms with Crippen LogP contribution in [0.1, 0.15) is 33.6 Å². The Morgan fingerprint density at radius 3 is 2.11 bits per heavy atom. The second-order valence-corrected chi connectivity index (χ2v) is 4.44. The molecule has 0 aliphatic rings. The number of rotatable bonds is 7. The SMILES string of the molecule is CCC(NC(=O)N[C@@H](CC(N)=O)C(=O)O)C(C)C. The zero-order valence-corrected chi connectivity index (χ0v) is 10.9. The number of hydrogen-bond acceptors (Lipinski definition) is 3. The second-order valence-electron chi connectivity index (χ2n) is 4.44. The first kappa shape index (κ1) is 16.2. The fourth-order valence-electron chi connectivity index (χ4n) is 1.51. The van der Waals surface area contributed by atoms with Crippen molar-refractivity contribution in [2.75, 3.05) is 0 Å². The standard InChI is InChI=1S/C11H21N3O4/c1-4-7(6(2)3)13-11(18)14-8(10(16)17)5-9(12)15/h6-8H,4-5H2,1-3H3,(H2,12,15)(H,16,17)(H2,13,14,18)/t7?,8-/m0/s1. The van der Waals surface area contributed by atoms with E-state index in [1.54, 1.807) is 0 Å². The highest BCUT2D eigenvalue weighted by Gasteiger charge is 2.23. The third-order valence-electron chi connectivity index (χ3n) is 2.57. The quantitative estimate of drug-likeness (QED) is 0.516. The van der Waals surface area contributed by atoms with E-state index < -0.39 is 30.4 Å². The molecule has 18 heavy (non-hydrogen) atoms. The summed E-state index contributed by atoms with van der Waals surface area (Å²) in [6.45, 7) is 5.82. The van der Waals surface area contributed by atoms with Crippen LogP contribution in [0.25, 0.3) is 0 Å². The maximum Gasteiger partial charge on any atom is 0.326 e. The van der Waals surface area contributed by atoms with Crippen molar-refractivity contribution in [1.82, 2.24) is 10.6 Å². The van der Waals surface area contributed by atoms with Crippen molar-refractivity contribution in [3.05, 3.63) is 0 Å². The molecule has 0 aromatic carbocycles. The van der Waals surface area contributed by atoms with Gasteiger partial charge in [0.1, 0.15) is 6.04 Å². The molecule has 3 amide bonds. The molecule has 7 heteroatoms. The van der Waals surface area contributed by atoms with Gasteiger partial charge in [0.15, 0.2) is 0 Å². The van der Waals surface area contributed by atoms with Gasteiger partial charge in [-0.15, -0.1) is 0 Å². The summed E-state index contributed by atoms with van der Waals surface area (Å²) < 4.78 is 0. The van der Waals surface area contributed by atoms with Crippen LogP contribution in [-0.4, -0.2) is 35.1 Å². The van der Waals surface area contributed by atoms with E-state index in [1.165, 1.54) is 0 Å². The van der Waals surface area contributed by atoms with Crippen molar-refractivity contribution in [3.8, 4) is 0 Å². The minimum absolute atomic E-state index is 0.0481. The molecule has 2 atom stereocenters. The van der Waals surface area contributed by atoms with Gasteiger partial charge in [0.25, 0.3) is 0 Å². The van der Waals surface area contributed by atoms with Crippen molar-refractivity contribution in [1.29, 1.82) is 0 Å². The summed E-state index contributed by atoms with van der Waals surface area (Å²) >= 11 is 0. The molecule has 1 unspecified atom stereocenters. The van der Waals surface area contributed by atoms with Crippen molar-refractivity contribution < 1.29 is 19.5 Å². The number of urea groups is 1. The van der Waals surface area contributed by atoms with Crippen LogP contribution in [-0.2, 0) is 9.59 Å². The Bertz CT molecular complexity index is 317. The van der Waals surface area contributed by atoms with Crippen LogP contribution in [0, 0.1) is 5.92 Å². The summed E-state index contributed by atoms with van der Waals surface area (Å²) in [6.07, 6.45) is 0.305. The lowest BCUT2D eigenvalue weighted by molar-refractivity contribution is -0.140. The van der Waals surface area contributed by atoms with Gasteiger partial charge in [0.2, 0.25) is 5.91 Å². The molecule has 5 N–H and O–H groups in total. The van der Waals surface area contributed by atoms with E-state index in [-0.39, 0.29) is 12.0 Å². The highest BCUT2D eigenvalue weighted by atomic mass is 16.4. The molecule has 0 fully saturated rings. The molecule has 0 aromatic heterocycles. The first-order chi connectivity index (χ1) is 8.27. The van der Waals surface area contributed by atoms with E-state index >= 15 is 0 Å². The summed E-state index contributed by atoms with van der Waals surface area (Å²) in [7, 11) is 0. The number of carboxylic acid groups (broad SMARTS) is 1. The molecule has 0 aromatic rings. The van der Waals surface area contributed by atoms with Crippen LogP contribution in [0.2, 0.25) is 0 Å². The highest BCUT2D eigenvalue weighted by Crippen LogP contribution is 2.05. The molecular formula is C11H21N3O4. The number of nitrogens with two attached hydrogens (primary N) is 1. The number of hydrogen-bond donors (Lipinski definition) is 4. The van der Waals surface area contributed by atoms with E-state index in [9.17, 15) is 14.4 Å². The molecule has 0 aliphatic carbocycles. The predicted molar refractivity (Wildman–Crippen MR) is 65.8 cm³/mol. The number of carboxylic acids is 1. The molecule has 7 nitrogen and oxygen atoms in total. The minimum atomic E-state index is -1.30. The van der Waals surface area contributed by atoms with Gasteiger partial charge >= 0.3 is 12.0 Å². The number of nitrogens with one attached hydrogen (secondary N) is 2. The third kappa shape index (κ3) is 6.07. The summed E-state index contributed by atoms with van der Waals surface area (Å²) in [5.41, 5.74) is 4.91. The van der Waals surface area contributed by atoms with Crippen LogP contribution < -0.4 is 16.4 Å². The smallest absolute Gasteiger partial charge is 0.326 e. The van der Waals surface area contributed by atoms with E-state index in [4.69, 9.17) is 10.8 Å². The van der Waals surface area contributed by atoms with Gasteiger partial charge in [0.05, 0.1) is 6.42 Å². The molecule has 0 spiro atoms. The van der Waals surface area contributed by atoms with Crippen LogP contribution in [0.3, 0.4) is 0 Å². The average molecular weight is 259 g/mol. The molecule has 0 radical (unpaired) electrons. The zero-order valence-electron chi connectivity index (χ0n) is 10.9. The Hall–Kier alpha value is -1.79. The second kappa shape index (κ2) is 7.52. The molecule has 104 valence electrons. The van der Waals surface area contributed by atoms with Crippen molar-refractivity contribution in [2.24, 2.45) is 11.7 Å². The zero-order chi connectivity index (χ0) is 14.3. The van der Waals surface area contributed by atoms with Gasteiger partial charge in [-0.05, 0) is 12.3 Å². The predicted octanol–water partition coefficient (Wildman–Crippen LogP) is 0.0488. The molecule has 0 heterocycles. The van der Waals surface area contributed by atoms with Crippen LogP contribution in [0.5, 0.6) is 0 Å². The van der Waals surface area contributed by atoms with Crippen molar-refractivity contribution in [2.45, 2.75) is 45.7 Å². The number of carbonyl (C=O) groups excluding carboxylic acids is 2. The lowest BCUT2D eigenvalue weighted by Crippen LogP contribution is -2.51. The summed E-state index contributed by atoms with van der Waals surface area (Å²) in [5, 5.41) is 13.7. The number of amides is 3. The van der Waals surface area contributed by atoms with Gasteiger partial charge in [-0.3, -0.25) is 4.79 Å². The molecular weight excluding hydrogens is 238 g/mol. The summed E-state index contributed by atoms with van der Waals surface area (Å²) in [6, 6.07) is -1.95.